The summed E-state index contributed by atoms with van der Waals surface area (Å²) in [5, 5.41) is 9.36. The van der Waals surface area contributed by atoms with Crippen molar-refractivity contribution in [1.82, 2.24) is 4.57 Å². The van der Waals surface area contributed by atoms with Crippen molar-refractivity contribution in [2.24, 2.45) is 5.92 Å². The molecule has 0 saturated carbocycles. The number of carbonyl (C=O) groups is 1. The predicted molar refractivity (Wildman–Crippen MR) is 65.7 cm³/mol. The Morgan fingerprint density at radius 3 is 2.65 bits per heavy atom. The minimum absolute atomic E-state index is 0.500. The van der Waals surface area contributed by atoms with Gasteiger partial charge in [0.15, 0.2) is 5.92 Å². The van der Waals surface area contributed by atoms with E-state index in [9.17, 15) is 18.0 Å². The van der Waals surface area contributed by atoms with E-state index in [4.69, 9.17) is 9.84 Å². The highest BCUT2D eigenvalue weighted by atomic mass is 19.4. The van der Waals surface area contributed by atoms with Crippen LogP contribution < -0.4 is 4.74 Å². The largest absolute Gasteiger partial charge is 0.496 e. The van der Waals surface area contributed by atoms with E-state index in [1.54, 1.807) is 24.3 Å². The van der Waals surface area contributed by atoms with Crippen LogP contribution in [0.25, 0.3) is 10.9 Å². The van der Waals surface area contributed by atoms with Crippen molar-refractivity contribution in [2.75, 3.05) is 7.11 Å². The van der Waals surface area contributed by atoms with Crippen molar-refractivity contribution in [1.29, 1.82) is 0 Å². The molecule has 4 nitrogen and oxygen atoms in total. The van der Waals surface area contributed by atoms with Gasteiger partial charge in [-0.1, -0.05) is 6.07 Å². The average molecular weight is 287 g/mol. The van der Waals surface area contributed by atoms with Gasteiger partial charge in [-0.25, -0.2) is 0 Å². The molecule has 108 valence electrons. The van der Waals surface area contributed by atoms with E-state index in [0.717, 1.165) is 0 Å². The van der Waals surface area contributed by atoms with E-state index in [-0.39, 0.29) is 0 Å². The second kappa shape index (κ2) is 5.07. The van der Waals surface area contributed by atoms with Crippen molar-refractivity contribution in [3.8, 4) is 5.75 Å². The maximum Gasteiger partial charge on any atom is 0.403 e. The molecule has 1 atom stereocenters. The SMILES string of the molecule is COc1cccc2c1ccn2CC(C(=O)O)C(F)(F)F. The molecule has 1 aromatic heterocycles. The lowest BCUT2D eigenvalue weighted by Gasteiger charge is -2.17. The van der Waals surface area contributed by atoms with Gasteiger partial charge in [0.25, 0.3) is 0 Å². The first-order valence-corrected chi connectivity index (χ1v) is 5.76. The molecule has 2 aromatic rings. The number of alkyl halides is 3. The zero-order chi connectivity index (χ0) is 14.9. The lowest BCUT2D eigenvalue weighted by molar-refractivity contribution is -0.195. The van der Waals surface area contributed by atoms with E-state index in [1.807, 2.05) is 0 Å². The Morgan fingerprint density at radius 1 is 1.40 bits per heavy atom. The summed E-state index contributed by atoms with van der Waals surface area (Å²) in [5.41, 5.74) is 0.500. The Hall–Kier alpha value is -2.18. The van der Waals surface area contributed by atoms with Crippen molar-refractivity contribution in [3.63, 3.8) is 0 Å². The predicted octanol–water partition coefficient (Wildman–Crippen LogP) is 2.91. The Bertz CT molecular complexity index is 633. The number of fused-ring (bicyclic) bond motifs is 1. The number of rotatable bonds is 4. The fourth-order valence-corrected chi connectivity index (χ4v) is 2.05. The quantitative estimate of drug-likeness (QED) is 0.940. The molecule has 0 spiro atoms. The number of aliphatic carboxylic acids is 1. The number of hydrogen-bond donors (Lipinski definition) is 1. The summed E-state index contributed by atoms with van der Waals surface area (Å²) < 4.78 is 44.4. The topological polar surface area (TPSA) is 51.5 Å². The minimum atomic E-state index is -4.79. The standard InChI is InChI=1S/C13H12F3NO3/c1-20-11-4-2-3-10-8(11)5-6-17(10)7-9(12(18)19)13(14,15)16/h2-6,9H,7H2,1H3,(H,18,19). The van der Waals surface area contributed by atoms with Gasteiger partial charge < -0.3 is 14.4 Å². The van der Waals surface area contributed by atoms with Crippen molar-refractivity contribution >= 4 is 16.9 Å². The average Bonchev–Trinajstić information content (AvgIpc) is 2.77. The van der Waals surface area contributed by atoms with Gasteiger partial charge in [-0.05, 0) is 18.2 Å². The number of aromatic nitrogens is 1. The summed E-state index contributed by atoms with van der Waals surface area (Å²) in [6.07, 6.45) is -3.36. The van der Waals surface area contributed by atoms with Crippen molar-refractivity contribution < 1.29 is 27.8 Å². The third-order valence-electron chi connectivity index (χ3n) is 3.07. The van der Waals surface area contributed by atoms with E-state index in [1.165, 1.54) is 17.9 Å². The molecule has 7 heteroatoms. The Morgan fingerprint density at radius 2 is 2.10 bits per heavy atom. The van der Waals surface area contributed by atoms with Crippen LogP contribution in [0.4, 0.5) is 13.2 Å². The molecule has 1 N–H and O–H groups in total. The third kappa shape index (κ3) is 2.56. The number of benzene rings is 1. The van der Waals surface area contributed by atoms with E-state index in [2.05, 4.69) is 0 Å². The number of carboxylic acids is 1. The van der Waals surface area contributed by atoms with Crippen LogP contribution in [0.1, 0.15) is 0 Å². The van der Waals surface area contributed by atoms with Gasteiger partial charge in [0.2, 0.25) is 0 Å². The molecular weight excluding hydrogens is 275 g/mol. The zero-order valence-electron chi connectivity index (χ0n) is 10.5. The summed E-state index contributed by atoms with van der Waals surface area (Å²) in [5.74, 6) is -3.80. The van der Waals surface area contributed by atoms with Gasteiger partial charge in [-0.2, -0.15) is 13.2 Å². The van der Waals surface area contributed by atoms with E-state index < -0.39 is 24.6 Å². The molecule has 0 aliphatic rings. The van der Waals surface area contributed by atoms with Gasteiger partial charge in [0.05, 0.1) is 12.6 Å². The summed E-state index contributed by atoms with van der Waals surface area (Å²) >= 11 is 0. The molecule has 1 aromatic carbocycles. The number of nitrogens with zero attached hydrogens (tertiary/aromatic N) is 1. The molecule has 0 radical (unpaired) electrons. The Balaban J connectivity index is 2.41. The molecule has 0 aliphatic heterocycles. The van der Waals surface area contributed by atoms with Crippen molar-refractivity contribution in [3.05, 3.63) is 30.5 Å². The van der Waals surface area contributed by atoms with E-state index in [0.29, 0.717) is 16.7 Å². The molecule has 0 saturated heterocycles. The molecule has 0 bridgehead atoms. The highest BCUT2D eigenvalue weighted by Crippen LogP contribution is 2.31. The normalized spacial score (nSPS) is 13.4. The first-order chi connectivity index (χ1) is 9.34. The molecular formula is C13H12F3NO3. The number of hydrogen-bond acceptors (Lipinski definition) is 2. The van der Waals surface area contributed by atoms with Gasteiger partial charge in [0, 0.05) is 18.1 Å². The molecule has 0 fully saturated rings. The van der Waals surface area contributed by atoms with Crippen molar-refractivity contribution in [2.45, 2.75) is 12.7 Å². The smallest absolute Gasteiger partial charge is 0.403 e. The highest BCUT2D eigenvalue weighted by Gasteiger charge is 2.45. The minimum Gasteiger partial charge on any atom is -0.496 e. The lowest BCUT2D eigenvalue weighted by atomic mass is 10.1. The second-order valence-electron chi connectivity index (χ2n) is 4.29. The number of carboxylic acid groups (broad SMARTS) is 1. The van der Waals surface area contributed by atoms with Crippen LogP contribution >= 0.6 is 0 Å². The molecule has 20 heavy (non-hydrogen) atoms. The number of halogens is 3. The third-order valence-corrected chi connectivity index (χ3v) is 3.07. The Labute approximate surface area is 112 Å². The fraction of sp³-hybridized carbons (Fsp3) is 0.308. The first kappa shape index (κ1) is 14.2. The molecule has 0 aliphatic carbocycles. The molecule has 0 amide bonds. The molecule has 2 rings (SSSR count). The summed E-state index contributed by atoms with van der Waals surface area (Å²) in [4.78, 5) is 10.8. The van der Waals surface area contributed by atoms with Crippen LogP contribution in [0.3, 0.4) is 0 Å². The van der Waals surface area contributed by atoms with Crippen LogP contribution in [-0.4, -0.2) is 28.9 Å². The maximum absolute atomic E-state index is 12.7. The maximum atomic E-state index is 12.7. The summed E-state index contributed by atoms with van der Waals surface area (Å²) in [6, 6.07) is 6.54. The van der Waals surface area contributed by atoms with E-state index >= 15 is 0 Å². The molecule has 1 heterocycles. The summed E-state index contributed by atoms with van der Waals surface area (Å²) in [6.45, 7) is -0.671. The van der Waals surface area contributed by atoms with Gasteiger partial charge in [0.1, 0.15) is 5.75 Å². The zero-order valence-corrected chi connectivity index (χ0v) is 10.5. The van der Waals surface area contributed by atoms with Gasteiger partial charge in [-0.15, -0.1) is 0 Å². The molecule has 1 unspecified atom stereocenters. The number of ether oxygens (including phenoxy) is 1. The van der Waals surface area contributed by atoms with Crippen LogP contribution in [0.15, 0.2) is 30.5 Å². The lowest BCUT2D eigenvalue weighted by Crippen LogP contribution is -2.34. The van der Waals surface area contributed by atoms with Crippen LogP contribution in [0, 0.1) is 5.92 Å². The summed E-state index contributed by atoms with van der Waals surface area (Å²) in [7, 11) is 1.46. The van der Waals surface area contributed by atoms with Crippen LogP contribution in [-0.2, 0) is 11.3 Å². The fourth-order valence-electron chi connectivity index (χ4n) is 2.05. The monoisotopic (exact) mass is 287 g/mol. The highest BCUT2D eigenvalue weighted by molar-refractivity contribution is 5.86. The van der Waals surface area contributed by atoms with Gasteiger partial charge >= 0.3 is 12.1 Å². The van der Waals surface area contributed by atoms with Crippen LogP contribution in [0.5, 0.6) is 5.75 Å². The first-order valence-electron chi connectivity index (χ1n) is 5.76. The van der Waals surface area contributed by atoms with Gasteiger partial charge in [-0.3, -0.25) is 4.79 Å². The Kier molecular flexibility index (Phi) is 3.61. The second-order valence-corrected chi connectivity index (χ2v) is 4.29. The van der Waals surface area contributed by atoms with Crippen LogP contribution in [0.2, 0.25) is 0 Å². The number of methoxy groups -OCH3 is 1.